The topological polar surface area (TPSA) is 108 Å². The number of amides is 1. The van der Waals surface area contributed by atoms with Crippen molar-refractivity contribution in [2.24, 2.45) is 0 Å². The van der Waals surface area contributed by atoms with E-state index in [0.29, 0.717) is 11.3 Å². The maximum atomic E-state index is 13.4. The van der Waals surface area contributed by atoms with Gasteiger partial charge in [0.1, 0.15) is 0 Å². The van der Waals surface area contributed by atoms with Gasteiger partial charge in [0, 0.05) is 16.8 Å². The summed E-state index contributed by atoms with van der Waals surface area (Å²) in [6.45, 7) is 0. The second-order valence-electron chi connectivity index (χ2n) is 4.76. The molecule has 0 saturated carbocycles. The molecule has 3 rings (SSSR count). The van der Waals surface area contributed by atoms with Crippen LogP contribution in [-0.2, 0) is 0 Å². The number of aromatic amines is 1. The number of anilines is 1. The highest BCUT2D eigenvalue weighted by atomic mass is 35.5. The zero-order valence-corrected chi connectivity index (χ0v) is 12.6. The van der Waals surface area contributed by atoms with Crippen LogP contribution in [-0.4, -0.2) is 21.2 Å². The Hall–Kier alpha value is -3.13. The van der Waals surface area contributed by atoms with Gasteiger partial charge in [-0.3, -0.25) is 14.3 Å². The summed E-state index contributed by atoms with van der Waals surface area (Å²) >= 11 is 5.64. The summed E-state index contributed by atoms with van der Waals surface area (Å²) in [4.78, 5) is 25.4. The summed E-state index contributed by atoms with van der Waals surface area (Å²) in [6.07, 6.45) is 0. The number of phenolic OH excluding ortho intramolecular Hbond substituents is 1. The highest BCUT2D eigenvalue weighted by Crippen LogP contribution is 2.28. The van der Waals surface area contributed by atoms with E-state index < -0.39 is 23.2 Å². The van der Waals surface area contributed by atoms with E-state index in [0.717, 1.165) is 12.1 Å². The van der Waals surface area contributed by atoms with Crippen LogP contribution in [0.3, 0.4) is 0 Å². The van der Waals surface area contributed by atoms with Gasteiger partial charge in [0.25, 0.3) is 5.91 Å². The Balaban J connectivity index is 1.78. The number of hydrogen-bond acceptors (Lipinski definition) is 5. The number of rotatable bonds is 3. The van der Waals surface area contributed by atoms with Crippen LogP contribution < -0.4 is 11.1 Å². The average molecular weight is 350 g/mol. The minimum absolute atomic E-state index is 0.0415. The van der Waals surface area contributed by atoms with Gasteiger partial charge < -0.3 is 10.4 Å². The van der Waals surface area contributed by atoms with Crippen LogP contribution in [0, 0.1) is 5.82 Å². The van der Waals surface area contributed by atoms with Crippen molar-refractivity contribution in [2.75, 3.05) is 5.32 Å². The normalized spacial score (nSPS) is 10.6. The molecule has 0 saturated heterocycles. The van der Waals surface area contributed by atoms with E-state index in [-0.39, 0.29) is 16.4 Å². The van der Waals surface area contributed by atoms with Gasteiger partial charge in [-0.25, -0.2) is 9.18 Å². The minimum Gasteiger partial charge on any atom is -0.504 e. The number of H-pyrrole nitrogens is 1. The van der Waals surface area contributed by atoms with Crippen molar-refractivity contribution >= 4 is 23.2 Å². The van der Waals surface area contributed by atoms with Crippen molar-refractivity contribution in [1.29, 1.82) is 0 Å². The molecule has 2 aromatic carbocycles. The quantitative estimate of drug-likeness (QED) is 0.673. The van der Waals surface area contributed by atoms with Gasteiger partial charge in [0.2, 0.25) is 0 Å². The van der Waals surface area contributed by atoms with Crippen LogP contribution in [0.15, 0.2) is 45.7 Å². The number of halogens is 2. The number of hydrogen-bond donors (Lipinski definition) is 3. The Morgan fingerprint density at radius 3 is 2.58 bits per heavy atom. The highest BCUT2D eigenvalue weighted by Gasteiger charge is 2.14. The monoisotopic (exact) mass is 349 g/mol. The standard InChI is InChI=1S/C15H9ClFN3O4/c16-10-5-8(6-11(17)12(10)21)14(22)18-9-3-1-7(2-4-9)13-19-15(23)24-20-13/h1-6,21H,(H,18,22)(H,19,20,23). The second kappa shape index (κ2) is 6.17. The maximum absolute atomic E-state index is 13.4. The second-order valence-corrected chi connectivity index (χ2v) is 5.17. The molecule has 9 heteroatoms. The number of nitrogens with zero attached hydrogens (tertiary/aromatic N) is 1. The molecule has 0 aliphatic rings. The Kier molecular flexibility index (Phi) is 4.05. The molecule has 0 radical (unpaired) electrons. The van der Waals surface area contributed by atoms with Crippen molar-refractivity contribution in [3.8, 4) is 17.1 Å². The van der Waals surface area contributed by atoms with E-state index in [9.17, 15) is 19.1 Å². The van der Waals surface area contributed by atoms with E-state index in [4.69, 9.17) is 11.6 Å². The predicted octanol–water partition coefficient (Wildman–Crippen LogP) is 2.78. The molecule has 3 N–H and O–H groups in total. The Morgan fingerprint density at radius 1 is 1.29 bits per heavy atom. The maximum Gasteiger partial charge on any atom is 0.439 e. The molecule has 122 valence electrons. The fraction of sp³-hybridized carbons (Fsp3) is 0. The zero-order chi connectivity index (χ0) is 17.3. The van der Waals surface area contributed by atoms with Gasteiger partial charge >= 0.3 is 5.76 Å². The van der Waals surface area contributed by atoms with Crippen molar-refractivity contribution in [3.63, 3.8) is 0 Å². The molecule has 7 nitrogen and oxygen atoms in total. The Labute approximate surface area is 138 Å². The van der Waals surface area contributed by atoms with Crippen molar-refractivity contribution in [3.05, 3.63) is 63.4 Å². The number of aromatic nitrogens is 2. The zero-order valence-electron chi connectivity index (χ0n) is 11.8. The lowest BCUT2D eigenvalue weighted by molar-refractivity contribution is 0.102. The lowest BCUT2D eigenvalue weighted by Gasteiger charge is -2.07. The number of aromatic hydroxyl groups is 1. The number of carbonyl (C=O) groups is 1. The number of phenols is 1. The van der Waals surface area contributed by atoms with Gasteiger partial charge in [-0.05, 0) is 36.4 Å². The van der Waals surface area contributed by atoms with Crippen molar-refractivity contribution < 1.29 is 18.8 Å². The molecule has 1 heterocycles. The van der Waals surface area contributed by atoms with Gasteiger partial charge in [-0.2, -0.15) is 0 Å². The first-order valence-electron chi connectivity index (χ1n) is 6.60. The van der Waals surface area contributed by atoms with Crippen LogP contribution in [0.4, 0.5) is 10.1 Å². The van der Waals surface area contributed by atoms with Gasteiger partial charge in [0.05, 0.1) is 5.02 Å². The lowest BCUT2D eigenvalue weighted by Crippen LogP contribution is -2.12. The van der Waals surface area contributed by atoms with Gasteiger partial charge in [0.15, 0.2) is 17.4 Å². The Bertz CT molecular complexity index is 942. The first-order chi connectivity index (χ1) is 11.4. The van der Waals surface area contributed by atoms with E-state index in [1.807, 2.05) is 0 Å². The largest absolute Gasteiger partial charge is 0.504 e. The van der Waals surface area contributed by atoms with Crippen molar-refractivity contribution in [2.45, 2.75) is 0 Å². The smallest absolute Gasteiger partial charge is 0.439 e. The summed E-state index contributed by atoms with van der Waals surface area (Å²) in [6, 6.07) is 8.38. The molecule has 0 aliphatic carbocycles. The van der Waals surface area contributed by atoms with Crippen molar-refractivity contribution in [1.82, 2.24) is 10.1 Å². The van der Waals surface area contributed by atoms with Crippen LogP contribution in [0.1, 0.15) is 10.4 Å². The Morgan fingerprint density at radius 2 is 2.00 bits per heavy atom. The highest BCUT2D eigenvalue weighted by molar-refractivity contribution is 6.32. The van der Waals surface area contributed by atoms with Crippen LogP contribution >= 0.6 is 11.6 Å². The fourth-order valence-electron chi connectivity index (χ4n) is 1.97. The third kappa shape index (κ3) is 3.13. The molecule has 1 amide bonds. The molecular weight excluding hydrogens is 341 g/mol. The first-order valence-corrected chi connectivity index (χ1v) is 6.97. The molecule has 0 unspecified atom stereocenters. The summed E-state index contributed by atoms with van der Waals surface area (Å²) in [5, 5.41) is 15.1. The van der Waals surface area contributed by atoms with Gasteiger partial charge in [-0.15, -0.1) is 0 Å². The molecule has 1 aromatic heterocycles. The van der Waals surface area contributed by atoms with Crippen LogP contribution in [0.5, 0.6) is 5.75 Å². The minimum atomic E-state index is -0.988. The molecular formula is C15H9ClFN3O4. The summed E-state index contributed by atoms with van der Waals surface area (Å²) < 4.78 is 17.8. The van der Waals surface area contributed by atoms with E-state index in [2.05, 4.69) is 20.0 Å². The van der Waals surface area contributed by atoms with Gasteiger partial charge in [-0.1, -0.05) is 16.8 Å². The molecule has 0 spiro atoms. The first kappa shape index (κ1) is 15.8. The fourth-order valence-corrected chi connectivity index (χ4v) is 2.17. The molecule has 0 bridgehead atoms. The SMILES string of the molecule is O=C(Nc1ccc(-c2noc(=O)[nH]2)cc1)c1cc(F)c(O)c(Cl)c1. The third-order valence-corrected chi connectivity index (χ3v) is 3.42. The summed E-state index contributed by atoms with van der Waals surface area (Å²) in [7, 11) is 0. The molecule has 0 aliphatic heterocycles. The molecule has 3 aromatic rings. The predicted molar refractivity (Wildman–Crippen MR) is 83.6 cm³/mol. The van der Waals surface area contributed by atoms with E-state index in [1.54, 1.807) is 24.3 Å². The molecule has 0 fully saturated rings. The summed E-state index contributed by atoms with van der Waals surface area (Å²) in [5.74, 6) is -2.71. The number of carbonyl (C=O) groups excluding carboxylic acids is 1. The summed E-state index contributed by atoms with van der Waals surface area (Å²) in [5.41, 5.74) is 0.969. The van der Waals surface area contributed by atoms with E-state index in [1.165, 1.54) is 0 Å². The number of nitrogens with one attached hydrogen (secondary N) is 2. The average Bonchev–Trinajstić information content (AvgIpc) is 2.99. The molecule has 0 atom stereocenters. The molecule has 24 heavy (non-hydrogen) atoms. The van der Waals surface area contributed by atoms with Crippen LogP contribution in [0.25, 0.3) is 11.4 Å². The third-order valence-electron chi connectivity index (χ3n) is 3.14. The van der Waals surface area contributed by atoms with E-state index >= 15 is 0 Å². The lowest BCUT2D eigenvalue weighted by atomic mass is 10.1. The van der Waals surface area contributed by atoms with Crippen LogP contribution in [0.2, 0.25) is 5.02 Å². The number of benzene rings is 2.